The molecule has 0 aliphatic carbocycles. The lowest BCUT2D eigenvalue weighted by atomic mass is 10.1. The number of carbonyl (C=O) groups excluding carboxylic acids is 1. The van der Waals surface area contributed by atoms with Crippen LogP contribution in [0.15, 0.2) is 30.9 Å². The Morgan fingerprint density at radius 2 is 2.31 bits per heavy atom. The molecule has 0 bridgehead atoms. The first kappa shape index (κ1) is 16.7. The van der Waals surface area contributed by atoms with E-state index < -0.39 is 0 Å². The zero-order valence-corrected chi connectivity index (χ0v) is 14.7. The lowest BCUT2D eigenvalue weighted by molar-refractivity contribution is 0.0962. The molecule has 0 radical (unpaired) electrons. The van der Waals surface area contributed by atoms with Gasteiger partial charge in [0, 0.05) is 37.0 Å². The van der Waals surface area contributed by atoms with Gasteiger partial charge in [0.1, 0.15) is 11.1 Å². The Kier molecular flexibility index (Phi) is 4.44. The van der Waals surface area contributed by atoms with E-state index in [2.05, 4.69) is 20.4 Å². The quantitative estimate of drug-likeness (QED) is 0.752. The summed E-state index contributed by atoms with van der Waals surface area (Å²) < 4.78 is 12.8. The molecular formula is C17H16ClN5O3. The molecule has 1 unspecified atom stereocenters. The van der Waals surface area contributed by atoms with E-state index in [1.54, 1.807) is 36.2 Å². The van der Waals surface area contributed by atoms with Gasteiger partial charge in [-0.1, -0.05) is 11.6 Å². The topological polar surface area (TPSA) is 90.6 Å². The predicted octanol–water partition coefficient (Wildman–Crippen LogP) is 1.97. The van der Waals surface area contributed by atoms with E-state index in [4.69, 9.17) is 21.1 Å². The highest BCUT2D eigenvalue weighted by Gasteiger charge is 2.21. The van der Waals surface area contributed by atoms with Crippen molar-refractivity contribution in [3.63, 3.8) is 0 Å². The zero-order valence-electron chi connectivity index (χ0n) is 14.0. The number of halogens is 1. The molecular weight excluding hydrogens is 358 g/mol. The predicted molar refractivity (Wildman–Crippen MR) is 94.5 cm³/mol. The highest BCUT2D eigenvalue weighted by atomic mass is 35.5. The number of rotatable bonds is 4. The van der Waals surface area contributed by atoms with Gasteiger partial charge in [-0.3, -0.25) is 9.78 Å². The van der Waals surface area contributed by atoms with Crippen molar-refractivity contribution in [3.05, 3.63) is 41.4 Å². The Morgan fingerprint density at radius 3 is 3.08 bits per heavy atom. The van der Waals surface area contributed by atoms with Crippen molar-refractivity contribution >= 4 is 23.2 Å². The first-order valence-electron chi connectivity index (χ1n) is 8.11. The Labute approximate surface area is 154 Å². The van der Waals surface area contributed by atoms with Gasteiger partial charge in [0.2, 0.25) is 5.88 Å². The fourth-order valence-electron chi connectivity index (χ4n) is 2.78. The van der Waals surface area contributed by atoms with Crippen LogP contribution in [0.4, 0.5) is 0 Å². The highest BCUT2D eigenvalue weighted by molar-refractivity contribution is 6.31. The van der Waals surface area contributed by atoms with Crippen molar-refractivity contribution in [3.8, 4) is 17.0 Å². The number of amides is 1. The minimum Gasteiger partial charge on any atom is -0.471 e. The van der Waals surface area contributed by atoms with Crippen LogP contribution in [0.1, 0.15) is 16.8 Å². The lowest BCUT2D eigenvalue weighted by Crippen LogP contribution is -2.18. The number of carbonyl (C=O) groups is 1. The van der Waals surface area contributed by atoms with Crippen LogP contribution in [-0.4, -0.2) is 51.9 Å². The smallest absolute Gasteiger partial charge is 0.252 e. The molecule has 1 aliphatic heterocycles. The molecule has 1 aliphatic rings. The van der Waals surface area contributed by atoms with E-state index in [0.717, 1.165) is 17.5 Å². The van der Waals surface area contributed by atoms with Crippen LogP contribution < -0.4 is 10.1 Å². The molecule has 134 valence electrons. The average Bonchev–Trinajstić information content (AvgIpc) is 3.31. The second kappa shape index (κ2) is 6.89. The Bertz CT molecular complexity index is 968. The second-order valence-corrected chi connectivity index (χ2v) is 6.27. The standard InChI is InChI=1S/C17H16ClN5O3/c1-19-16(24)11-4-10(5-20-6-11)13-7-21-23-8-14(18)17(22-15(13)23)26-12-2-3-25-9-12/h4-8,12H,2-3,9H2,1H3,(H,19,24). The van der Waals surface area contributed by atoms with Crippen molar-refractivity contribution in [1.82, 2.24) is 24.9 Å². The Morgan fingerprint density at radius 1 is 1.42 bits per heavy atom. The molecule has 1 fully saturated rings. The summed E-state index contributed by atoms with van der Waals surface area (Å²) in [6, 6.07) is 1.74. The second-order valence-electron chi connectivity index (χ2n) is 5.87. The largest absolute Gasteiger partial charge is 0.471 e. The fourth-order valence-corrected chi connectivity index (χ4v) is 2.96. The van der Waals surface area contributed by atoms with E-state index in [0.29, 0.717) is 35.3 Å². The molecule has 4 heterocycles. The number of nitrogens with zero attached hydrogens (tertiary/aromatic N) is 4. The van der Waals surface area contributed by atoms with Crippen LogP contribution in [0.2, 0.25) is 5.02 Å². The van der Waals surface area contributed by atoms with Crippen molar-refractivity contribution in [2.75, 3.05) is 20.3 Å². The molecule has 1 N–H and O–H groups in total. The number of ether oxygens (including phenoxy) is 2. The maximum atomic E-state index is 11.9. The summed E-state index contributed by atoms with van der Waals surface area (Å²) in [4.78, 5) is 20.5. The lowest BCUT2D eigenvalue weighted by Gasteiger charge is -2.12. The number of fused-ring (bicyclic) bond motifs is 1. The maximum absolute atomic E-state index is 11.9. The van der Waals surface area contributed by atoms with Crippen LogP contribution in [0.5, 0.6) is 5.88 Å². The summed E-state index contributed by atoms with van der Waals surface area (Å²) in [5.41, 5.74) is 2.48. The normalized spacial score (nSPS) is 16.8. The summed E-state index contributed by atoms with van der Waals surface area (Å²) >= 11 is 6.27. The van der Waals surface area contributed by atoms with Gasteiger partial charge < -0.3 is 14.8 Å². The van der Waals surface area contributed by atoms with Gasteiger partial charge in [0.15, 0.2) is 5.65 Å². The Hall–Kier alpha value is -2.71. The SMILES string of the molecule is CNC(=O)c1cncc(-c2cnn3cc(Cl)c(OC4CCOC4)nc23)c1. The van der Waals surface area contributed by atoms with E-state index in [1.165, 1.54) is 6.20 Å². The van der Waals surface area contributed by atoms with Gasteiger partial charge in [0.05, 0.1) is 31.2 Å². The molecule has 4 rings (SSSR count). The van der Waals surface area contributed by atoms with Gasteiger partial charge in [-0.05, 0) is 6.07 Å². The van der Waals surface area contributed by atoms with Crippen molar-refractivity contribution in [2.45, 2.75) is 12.5 Å². The van der Waals surface area contributed by atoms with Gasteiger partial charge in [-0.2, -0.15) is 10.1 Å². The number of hydrogen-bond donors (Lipinski definition) is 1. The maximum Gasteiger partial charge on any atom is 0.252 e. The molecule has 8 nitrogen and oxygen atoms in total. The highest BCUT2D eigenvalue weighted by Crippen LogP contribution is 2.29. The molecule has 1 atom stereocenters. The third-order valence-corrected chi connectivity index (χ3v) is 4.38. The molecule has 0 aromatic carbocycles. The molecule has 1 saturated heterocycles. The van der Waals surface area contributed by atoms with Gasteiger partial charge in [-0.25, -0.2) is 4.52 Å². The summed E-state index contributed by atoms with van der Waals surface area (Å²) in [7, 11) is 1.57. The minimum atomic E-state index is -0.211. The number of aromatic nitrogens is 4. The van der Waals surface area contributed by atoms with Crippen LogP contribution >= 0.6 is 11.6 Å². The number of nitrogens with one attached hydrogen (secondary N) is 1. The first-order chi connectivity index (χ1) is 12.7. The van der Waals surface area contributed by atoms with Crippen LogP contribution in [0.3, 0.4) is 0 Å². The van der Waals surface area contributed by atoms with E-state index in [9.17, 15) is 4.79 Å². The van der Waals surface area contributed by atoms with Crippen molar-refractivity contribution < 1.29 is 14.3 Å². The van der Waals surface area contributed by atoms with Gasteiger partial charge >= 0.3 is 0 Å². The summed E-state index contributed by atoms with van der Waals surface area (Å²) in [5.74, 6) is 0.129. The first-order valence-corrected chi connectivity index (χ1v) is 8.49. The van der Waals surface area contributed by atoms with Gasteiger partial charge in [-0.15, -0.1) is 0 Å². The van der Waals surface area contributed by atoms with Crippen molar-refractivity contribution in [2.24, 2.45) is 0 Å². The Balaban J connectivity index is 1.75. The van der Waals surface area contributed by atoms with Crippen LogP contribution in [0.25, 0.3) is 16.8 Å². The number of pyridine rings is 1. The molecule has 9 heteroatoms. The summed E-state index contributed by atoms with van der Waals surface area (Å²) in [5, 5.41) is 7.24. The fraction of sp³-hybridized carbons (Fsp3) is 0.294. The molecule has 3 aromatic heterocycles. The van der Waals surface area contributed by atoms with Crippen molar-refractivity contribution in [1.29, 1.82) is 0 Å². The minimum absolute atomic E-state index is 0.0629. The third-order valence-electron chi connectivity index (χ3n) is 4.12. The molecule has 0 spiro atoms. The monoisotopic (exact) mass is 373 g/mol. The average molecular weight is 374 g/mol. The zero-order chi connectivity index (χ0) is 18.1. The third kappa shape index (κ3) is 3.09. The molecule has 26 heavy (non-hydrogen) atoms. The number of hydrogen-bond acceptors (Lipinski definition) is 6. The van der Waals surface area contributed by atoms with Crippen LogP contribution in [-0.2, 0) is 4.74 Å². The summed E-state index contributed by atoms with van der Waals surface area (Å²) in [6.07, 6.45) is 7.21. The van der Waals surface area contributed by atoms with E-state index >= 15 is 0 Å². The van der Waals surface area contributed by atoms with Gasteiger partial charge in [0.25, 0.3) is 5.91 Å². The molecule has 1 amide bonds. The van der Waals surface area contributed by atoms with Crippen LogP contribution in [0, 0.1) is 0 Å². The molecule has 3 aromatic rings. The molecule has 0 saturated carbocycles. The van der Waals surface area contributed by atoms with E-state index in [1.807, 2.05) is 0 Å². The summed E-state index contributed by atoms with van der Waals surface area (Å²) in [6.45, 7) is 1.19. The van der Waals surface area contributed by atoms with E-state index in [-0.39, 0.29) is 12.0 Å².